The van der Waals surface area contributed by atoms with Gasteiger partial charge in [0.25, 0.3) is 12.1 Å². The Hall–Kier alpha value is -2.00. The molecule has 0 atom stereocenters. The third-order valence-corrected chi connectivity index (χ3v) is 4.00. The molecule has 2 rings (SSSR count). The van der Waals surface area contributed by atoms with Gasteiger partial charge in [0.1, 0.15) is 0 Å². The average Bonchev–Trinajstić information content (AvgIpc) is 2.79. The zero-order valence-electron chi connectivity index (χ0n) is 10.9. The maximum absolute atomic E-state index is 13.0. The Kier molecular flexibility index (Phi) is 4.53. The summed E-state index contributed by atoms with van der Waals surface area (Å²) < 4.78 is 27.7. The van der Waals surface area contributed by atoms with Crippen molar-refractivity contribution in [2.75, 3.05) is 0 Å². The molecule has 1 N–H and O–H groups in total. The number of hydrogen-bond acceptors (Lipinski definition) is 5. The molecule has 9 heteroatoms. The van der Waals surface area contributed by atoms with E-state index in [9.17, 15) is 18.9 Å². The van der Waals surface area contributed by atoms with E-state index in [2.05, 4.69) is 4.98 Å². The van der Waals surface area contributed by atoms with Crippen LogP contribution in [0.1, 0.15) is 17.7 Å². The number of aromatic nitrogens is 2. The normalized spacial score (nSPS) is 11.1. The number of non-ortho nitro benzene ring substituents is 1. The van der Waals surface area contributed by atoms with Gasteiger partial charge in [0, 0.05) is 29.6 Å². The van der Waals surface area contributed by atoms with Crippen LogP contribution in [0.4, 0.5) is 14.5 Å². The van der Waals surface area contributed by atoms with Crippen LogP contribution in [0.15, 0.2) is 34.4 Å². The number of halogens is 2. The zero-order valence-corrected chi connectivity index (χ0v) is 11.7. The highest BCUT2D eigenvalue weighted by atomic mass is 32.2. The quantitative estimate of drug-likeness (QED) is 0.678. The topological polar surface area (TPSA) is 81.2 Å². The van der Waals surface area contributed by atoms with E-state index in [1.54, 1.807) is 11.6 Å². The number of nitro groups is 1. The molecule has 0 amide bonds. The Labute approximate surface area is 122 Å². The van der Waals surface area contributed by atoms with Crippen molar-refractivity contribution in [3.8, 4) is 0 Å². The maximum Gasteiger partial charge on any atom is 0.269 e. The van der Waals surface area contributed by atoms with Crippen molar-refractivity contribution in [3.05, 3.63) is 45.8 Å². The molecule has 0 bridgehead atoms. The van der Waals surface area contributed by atoms with E-state index in [4.69, 9.17) is 5.11 Å². The monoisotopic (exact) mass is 315 g/mol. The highest BCUT2D eigenvalue weighted by molar-refractivity contribution is 7.99. The lowest BCUT2D eigenvalue weighted by molar-refractivity contribution is -0.385. The van der Waals surface area contributed by atoms with Crippen molar-refractivity contribution in [2.45, 2.75) is 23.1 Å². The van der Waals surface area contributed by atoms with Crippen LogP contribution < -0.4 is 0 Å². The summed E-state index contributed by atoms with van der Waals surface area (Å²) in [7, 11) is 1.65. The molecule has 0 aliphatic rings. The van der Waals surface area contributed by atoms with E-state index < -0.39 is 16.9 Å². The molecule has 6 nitrogen and oxygen atoms in total. The fourth-order valence-corrected chi connectivity index (χ4v) is 2.64. The molecule has 2 aromatic rings. The van der Waals surface area contributed by atoms with Crippen molar-refractivity contribution >= 4 is 17.4 Å². The zero-order chi connectivity index (χ0) is 15.6. The van der Waals surface area contributed by atoms with E-state index in [1.165, 1.54) is 18.3 Å². The number of aliphatic hydroxyl groups excluding tert-OH is 1. The minimum atomic E-state index is -2.83. The van der Waals surface area contributed by atoms with Crippen molar-refractivity contribution in [1.29, 1.82) is 0 Å². The van der Waals surface area contributed by atoms with Crippen LogP contribution in [0.3, 0.4) is 0 Å². The summed E-state index contributed by atoms with van der Waals surface area (Å²) in [5, 5.41) is 20.1. The second-order valence-electron chi connectivity index (χ2n) is 4.13. The Morgan fingerprint density at radius 3 is 2.76 bits per heavy atom. The lowest BCUT2D eigenvalue weighted by Crippen LogP contribution is -1.98. The second kappa shape index (κ2) is 6.19. The van der Waals surface area contributed by atoms with Crippen molar-refractivity contribution < 1.29 is 18.8 Å². The van der Waals surface area contributed by atoms with Gasteiger partial charge in [-0.15, -0.1) is 0 Å². The molecule has 0 aliphatic carbocycles. The molecule has 0 radical (unpaired) electrons. The Morgan fingerprint density at radius 1 is 1.52 bits per heavy atom. The fraction of sp³-hybridized carbons (Fsp3) is 0.250. The van der Waals surface area contributed by atoms with Gasteiger partial charge in [0.15, 0.2) is 5.16 Å². The summed E-state index contributed by atoms with van der Waals surface area (Å²) in [6.45, 7) is -0.216. The van der Waals surface area contributed by atoms with Gasteiger partial charge in [-0.3, -0.25) is 10.1 Å². The fourth-order valence-electron chi connectivity index (χ4n) is 1.68. The largest absolute Gasteiger partial charge is 0.390 e. The number of alkyl halides is 2. The van der Waals surface area contributed by atoms with Crippen LogP contribution in [0.2, 0.25) is 0 Å². The average molecular weight is 315 g/mol. The molecule has 1 aromatic carbocycles. The highest BCUT2D eigenvalue weighted by Gasteiger charge is 2.20. The predicted octanol–water partition coefficient (Wildman–Crippen LogP) is 2.91. The SMILES string of the molecule is Cn1c(CO)cnc1Sc1ccc([N+](=O)[O-])cc1C(F)F. The van der Waals surface area contributed by atoms with Gasteiger partial charge >= 0.3 is 0 Å². The summed E-state index contributed by atoms with van der Waals surface area (Å²) in [5.41, 5.74) is -0.258. The van der Waals surface area contributed by atoms with Crippen LogP contribution >= 0.6 is 11.8 Å². The van der Waals surface area contributed by atoms with E-state index >= 15 is 0 Å². The van der Waals surface area contributed by atoms with Crippen LogP contribution in [0.25, 0.3) is 0 Å². The predicted molar refractivity (Wildman–Crippen MR) is 71.3 cm³/mol. The molecule has 0 aliphatic heterocycles. The molecule has 0 fully saturated rings. The number of aliphatic hydroxyl groups is 1. The third-order valence-electron chi connectivity index (χ3n) is 2.84. The third kappa shape index (κ3) is 3.19. The Morgan fingerprint density at radius 2 is 2.24 bits per heavy atom. The summed E-state index contributed by atoms with van der Waals surface area (Å²) in [6, 6.07) is 3.31. The van der Waals surface area contributed by atoms with Crippen molar-refractivity contribution in [2.24, 2.45) is 7.05 Å². The number of rotatable bonds is 5. The van der Waals surface area contributed by atoms with Gasteiger partial charge in [-0.05, 0) is 6.07 Å². The van der Waals surface area contributed by atoms with Gasteiger partial charge in [-0.1, -0.05) is 11.8 Å². The molecular weight excluding hydrogens is 304 g/mol. The van der Waals surface area contributed by atoms with Gasteiger partial charge in [0.05, 0.1) is 23.4 Å². The van der Waals surface area contributed by atoms with E-state index in [0.717, 1.165) is 17.8 Å². The molecule has 0 spiro atoms. The minimum Gasteiger partial charge on any atom is -0.390 e. The lowest BCUT2D eigenvalue weighted by Gasteiger charge is -2.08. The van der Waals surface area contributed by atoms with Crippen LogP contribution in [0, 0.1) is 10.1 Å². The molecule has 112 valence electrons. The van der Waals surface area contributed by atoms with Gasteiger partial charge < -0.3 is 9.67 Å². The molecule has 0 saturated carbocycles. The molecule has 1 aromatic heterocycles. The first-order valence-electron chi connectivity index (χ1n) is 5.79. The summed E-state index contributed by atoms with van der Waals surface area (Å²) in [5.74, 6) is 0. The van der Waals surface area contributed by atoms with Crippen LogP contribution in [-0.4, -0.2) is 19.6 Å². The number of hydrogen-bond donors (Lipinski definition) is 1. The summed E-state index contributed by atoms with van der Waals surface area (Å²) in [4.78, 5) is 14.1. The first-order chi connectivity index (χ1) is 9.93. The number of nitro benzene ring substituents is 1. The summed E-state index contributed by atoms with van der Waals surface area (Å²) >= 11 is 0.964. The highest BCUT2D eigenvalue weighted by Crippen LogP contribution is 2.36. The Bertz CT molecular complexity index is 676. The van der Waals surface area contributed by atoms with Crippen molar-refractivity contribution in [3.63, 3.8) is 0 Å². The minimum absolute atomic E-state index is 0.189. The number of benzene rings is 1. The lowest BCUT2D eigenvalue weighted by atomic mass is 10.2. The number of imidazole rings is 1. The van der Waals surface area contributed by atoms with E-state index in [1.807, 2.05) is 0 Å². The standard InChI is InChI=1S/C12H11F2N3O3S/c1-16-8(6-18)5-15-12(16)21-10-3-2-7(17(19)20)4-9(10)11(13)14/h2-5,11,18H,6H2,1H3. The van der Waals surface area contributed by atoms with Crippen LogP contribution in [-0.2, 0) is 13.7 Å². The first-order valence-corrected chi connectivity index (χ1v) is 6.61. The van der Waals surface area contributed by atoms with Crippen molar-refractivity contribution in [1.82, 2.24) is 9.55 Å². The van der Waals surface area contributed by atoms with Gasteiger partial charge in [0.2, 0.25) is 0 Å². The van der Waals surface area contributed by atoms with Crippen LogP contribution in [0.5, 0.6) is 0 Å². The molecule has 1 heterocycles. The molecule has 0 saturated heterocycles. The first kappa shape index (κ1) is 15.4. The van der Waals surface area contributed by atoms with Gasteiger partial charge in [-0.2, -0.15) is 0 Å². The smallest absolute Gasteiger partial charge is 0.269 e. The maximum atomic E-state index is 13.0. The van der Waals surface area contributed by atoms with Gasteiger partial charge in [-0.25, -0.2) is 13.8 Å². The second-order valence-corrected chi connectivity index (χ2v) is 5.14. The van der Waals surface area contributed by atoms with E-state index in [-0.39, 0.29) is 17.2 Å². The molecule has 0 unspecified atom stereocenters. The van der Waals surface area contributed by atoms with E-state index in [0.29, 0.717) is 10.9 Å². The molecular formula is C12H11F2N3O3S. The summed E-state index contributed by atoms with van der Waals surface area (Å²) in [6.07, 6.45) is -1.39. The molecule has 21 heavy (non-hydrogen) atoms. The Balaban J connectivity index is 2.39. The number of nitrogens with zero attached hydrogens (tertiary/aromatic N) is 3.